The molecule has 1 amide bonds. The summed E-state index contributed by atoms with van der Waals surface area (Å²) in [6.07, 6.45) is 3.90. The monoisotopic (exact) mass is 331 g/mol. The normalized spacial score (nSPS) is 13.4. The zero-order chi connectivity index (χ0) is 17.7. The quantitative estimate of drug-likeness (QED) is 0.718. The van der Waals surface area contributed by atoms with Crippen molar-refractivity contribution in [3.05, 3.63) is 34.9 Å². The first-order chi connectivity index (χ1) is 11.3. The average molecular weight is 331 g/mol. The van der Waals surface area contributed by atoms with Crippen LogP contribution in [0.3, 0.4) is 0 Å². The highest BCUT2D eigenvalue weighted by atomic mass is 16.4. The summed E-state index contributed by atoms with van der Waals surface area (Å²) in [4.78, 5) is 35.0. The SMILES string of the molecule is CC(C)(CCNC(=O)CCC(=O)c1ccc2c(c1)CCC2)C(=O)O. The summed E-state index contributed by atoms with van der Waals surface area (Å²) in [6.45, 7) is 3.54. The Kier molecular flexibility index (Phi) is 5.75. The molecule has 0 bridgehead atoms. The van der Waals surface area contributed by atoms with Gasteiger partial charge >= 0.3 is 5.97 Å². The zero-order valence-electron chi connectivity index (χ0n) is 14.4. The first kappa shape index (κ1) is 18.2. The number of nitrogens with one attached hydrogen (secondary N) is 1. The number of carbonyl (C=O) groups is 3. The maximum absolute atomic E-state index is 12.2. The Morgan fingerprint density at radius 2 is 1.83 bits per heavy atom. The number of carbonyl (C=O) groups excluding carboxylic acids is 2. The van der Waals surface area contributed by atoms with Gasteiger partial charge in [0.05, 0.1) is 5.41 Å². The number of ketones is 1. The molecule has 0 unspecified atom stereocenters. The third-order valence-corrected chi connectivity index (χ3v) is 4.65. The summed E-state index contributed by atoms with van der Waals surface area (Å²) in [5, 5.41) is 11.7. The molecule has 2 rings (SSSR count). The van der Waals surface area contributed by atoms with E-state index in [4.69, 9.17) is 5.11 Å². The van der Waals surface area contributed by atoms with Crippen molar-refractivity contribution in [3.8, 4) is 0 Å². The molecule has 0 spiro atoms. The van der Waals surface area contributed by atoms with Gasteiger partial charge in [-0.1, -0.05) is 12.1 Å². The molecule has 1 aliphatic carbocycles. The third kappa shape index (κ3) is 4.66. The van der Waals surface area contributed by atoms with Crippen molar-refractivity contribution in [3.63, 3.8) is 0 Å². The number of benzene rings is 1. The summed E-state index contributed by atoms with van der Waals surface area (Å²) in [7, 11) is 0. The fourth-order valence-electron chi connectivity index (χ4n) is 2.83. The fraction of sp³-hybridized carbons (Fsp3) is 0.526. The Morgan fingerprint density at radius 3 is 2.54 bits per heavy atom. The molecular formula is C19H25NO4. The van der Waals surface area contributed by atoms with Crippen molar-refractivity contribution in [1.29, 1.82) is 0 Å². The minimum Gasteiger partial charge on any atom is -0.481 e. The predicted molar refractivity (Wildman–Crippen MR) is 91.1 cm³/mol. The molecule has 1 aromatic rings. The van der Waals surface area contributed by atoms with Crippen LogP contribution >= 0.6 is 0 Å². The molecule has 2 N–H and O–H groups in total. The van der Waals surface area contributed by atoms with Crippen molar-refractivity contribution < 1.29 is 19.5 Å². The summed E-state index contributed by atoms with van der Waals surface area (Å²) < 4.78 is 0. The Morgan fingerprint density at radius 1 is 1.12 bits per heavy atom. The van der Waals surface area contributed by atoms with Gasteiger partial charge in [-0.25, -0.2) is 0 Å². The van der Waals surface area contributed by atoms with Gasteiger partial charge in [0, 0.05) is 24.9 Å². The van der Waals surface area contributed by atoms with E-state index in [1.807, 2.05) is 18.2 Å². The van der Waals surface area contributed by atoms with Gasteiger partial charge < -0.3 is 10.4 Å². The Labute approximate surface area is 142 Å². The van der Waals surface area contributed by atoms with Crippen LogP contribution in [0.25, 0.3) is 0 Å². The number of fused-ring (bicyclic) bond motifs is 1. The van der Waals surface area contributed by atoms with Crippen LogP contribution in [-0.4, -0.2) is 29.3 Å². The van der Waals surface area contributed by atoms with Crippen LogP contribution in [0.1, 0.15) is 61.0 Å². The maximum atomic E-state index is 12.2. The second-order valence-corrected chi connectivity index (χ2v) is 7.05. The van der Waals surface area contributed by atoms with E-state index in [1.54, 1.807) is 13.8 Å². The molecule has 0 heterocycles. The molecule has 1 aromatic carbocycles. The van der Waals surface area contributed by atoms with Crippen LogP contribution in [0.2, 0.25) is 0 Å². The maximum Gasteiger partial charge on any atom is 0.309 e. The highest BCUT2D eigenvalue weighted by Crippen LogP contribution is 2.23. The third-order valence-electron chi connectivity index (χ3n) is 4.65. The van der Waals surface area contributed by atoms with Crippen LogP contribution < -0.4 is 5.32 Å². The van der Waals surface area contributed by atoms with Crippen LogP contribution in [0.4, 0.5) is 0 Å². The van der Waals surface area contributed by atoms with Gasteiger partial charge in [-0.15, -0.1) is 0 Å². The first-order valence-electron chi connectivity index (χ1n) is 8.45. The van der Waals surface area contributed by atoms with Crippen LogP contribution in [0, 0.1) is 5.41 Å². The lowest BCUT2D eigenvalue weighted by molar-refractivity contribution is -0.147. The second-order valence-electron chi connectivity index (χ2n) is 7.05. The predicted octanol–water partition coefficient (Wildman–Crippen LogP) is 2.76. The molecule has 0 aromatic heterocycles. The Bertz CT molecular complexity index is 649. The molecule has 130 valence electrons. The lowest BCUT2D eigenvalue weighted by atomic mass is 9.90. The number of hydrogen-bond donors (Lipinski definition) is 2. The summed E-state index contributed by atoms with van der Waals surface area (Å²) in [5.41, 5.74) is 2.38. The van der Waals surface area contributed by atoms with Gasteiger partial charge in [0.2, 0.25) is 5.91 Å². The Balaban J connectivity index is 1.75. The topological polar surface area (TPSA) is 83.5 Å². The summed E-state index contributed by atoms with van der Waals surface area (Å²) >= 11 is 0. The summed E-state index contributed by atoms with van der Waals surface area (Å²) in [6, 6.07) is 5.82. The number of carboxylic acids is 1. The minimum atomic E-state index is -0.886. The minimum absolute atomic E-state index is 0.0225. The molecule has 0 aliphatic heterocycles. The number of rotatable bonds is 8. The molecule has 1 aliphatic rings. The van der Waals surface area contributed by atoms with E-state index in [0.717, 1.165) is 19.3 Å². The van der Waals surface area contributed by atoms with E-state index in [-0.39, 0.29) is 24.5 Å². The number of amides is 1. The number of carboxylic acid groups (broad SMARTS) is 1. The van der Waals surface area contributed by atoms with Crippen molar-refractivity contribution in [2.75, 3.05) is 6.54 Å². The largest absolute Gasteiger partial charge is 0.481 e. The van der Waals surface area contributed by atoms with Gasteiger partial charge in [-0.3, -0.25) is 14.4 Å². The van der Waals surface area contributed by atoms with Gasteiger partial charge in [-0.2, -0.15) is 0 Å². The first-order valence-corrected chi connectivity index (χ1v) is 8.45. The molecule has 0 fully saturated rings. The van der Waals surface area contributed by atoms with Crippen molar-refractivity contribution in [2.24, 2.45) is 5.41 Å². The Hall–Kier alpha value is -2.17. The molecule has 5 nitrogen and oxygen atoms in total. The highest BCUT2D eigenvalue weighted by Gasteiger charge is 2.26. The number of hydrogen-bond acceptors (Lipinski definition) is 3. The smallest absolute Gasteiger partial charge is 0.309 e. The average Bonchev–Trinajstić information content (AvgIpc) is 2.99. The fourth-order valence-corrected chi connectivity index (χ4v) is 2.83. The highest BCUT2D eigenvalue weighted by molar-refractivity contribution is 5.98. The van der Waals surface area contributed by atoms with Crippen LogP contribution in [0.15, 0.2) is 18.2 Å². The summed E-state index contributed by atoms with van der Waals surface area (Å²) in [5.74, 6) is -1.13. The van der Waals surface area contributed by atoms with E-state index in [2.05, 4.69) is 5.32 Å². The zero-order valence-corrected chi connectivity index (χ0v) is 14.4. The number of aryl methyl sites for hydroxylation is 2. The second kappa shape index (κ2) is 7.60. The lowest BCUT2D eigenvalue weighted by Crippen LogP contribution is -2.32. The molecule has 24 heavy (non-hydrogen) atoms. The number of aliphatic carboxylic acids is 1. The molecule has 0 radical (unpaired) electrons. The van der Waals surface area contributed by atoms with Crippen LogP contribution in [0.5, 0.6) is 0 Å². The molecule has 0 atom stereocenters. The van der Waals surface area contributed by atoms with Crippen molar-refractivity contribution in [2.45, 2.75) is 52.4 Å². The van der Waals surface area contributed by atoms with Gasteiger partial charge in [0.1, 0.15) is 0 Å². The van der Waals surface area contributed by atoms with Crippen molar-refractivity contribution in [1.82, 2.24) is 5.32 Å². The molecule has 5 heteroatoms. The van der Waals surface area contributed by atoms with Gasteiger partial charge in [-0.05, 0) is 56.7 Å². The van der Waals surface area contributed by atoms with Crippen LogP contribution in [-0.2, 0) is 22.4 Å². The molecular weight excluding hydrogens is 306 g/mol. The molecule has 0 saturated heterocycles. The van der Waals surface area contributed by atoms with E-state index in [0.29, 0.717) is 18.5 Å². The lowest BCUT2D eigenvalue weighted by Gasteiger charge is -2.18. The van der Waals surface area contributed by atoms with E-state index in [1.165, 1.54) is 11.1 Å². The standard InChI is InChI=1S/C19H25NO4/c1-19(2,18(23)24)10-11-20-17(22)9-8-16(21)15-7-6-13-4-3-5-14(13)12-15/h6-7,12H,3-5,8-11H2,1-2H3,(H,20,22)(H,23,24). The van der Waals surface area contributed by atoms with E-state index >= 15 is 0 Å². The van der Waals surface area contributed by atoms with Crippen molar-refractivity contribution >= 4 is 17.7 Å². The van der Waals surface area contributed by atoms with Gasteiger partial charge in [0.15, 0.2) is 5.78 Å². The van der Waals surface area contributed by atoms with E-state index in [9.17, 15) is 14.4 Å². The van der Waals surface area contributed by atoms with Gasteiger partial charge in [0.25, 0.3) is 0 Å². The van der Waals surface area contributed by atoms with E-state index < -0.39 is 11.4 Å². The molecule has 0 saturated carbocycles. The number of Topliss-reactive ketones (excluding diaryl/α,β-unsaturated/α-hetero) is 1.